The number of methoxy groups -OCH3 is 1. The highest BCUT2D eigenvalue weighted by Gasteiger charge is 2.42. The summed E-state index contributed by atoms with van der Waals surface area (Å²) < 4.78 is 31.5. The minimum atomic E-state index is -0.703. The molecule has 1 atom stereocenters. The van der Waals surface area contributed by atoms with Gasteiger partial charge in [-0.25, -0.2) is 8.78 Å². The zero-order valence-corrected chi connectivity index (χ0v) is 12.9. The predicted molar refractivity (Wildman–Crippen MR) is 75.8 cm³/mol. The van der Waals surface area contributed by atoms with Crippen molar-refractivity contribution < 1.29 is 23.1 Å². The molecule has 0 saturated carbocycles. The average Bonchev–Trinajstić information content (AvgIpc) is 2.42. The normalized spacial score (nSPS) is 20.9. The Morgan fingerprint density at radius 3 is 2.45 bits per heavy atom. The van der Waals surface area contributed by atoms with Crippen molar-refractivity contribution >= 4 is 11.9 Å². The lowest BCUT2D eigenvalue weighted by atomic mass is 9.78. The van der Waals surface area contributed by atoms with Crippen molar-refractivity contribution in [3.63, 3.8) is 0 Å². The first-order valence-electron chi connectivity index (χ1n) is 7.08. The fraction of sp³-hybridized carbons (Fsp3) is 0.500. The maximum absolute atomic E-state index is 13.5. The van der Waals surface area contributed by atoms with Gasteiger partial charge in [-0.05, 0) is 30.5 Å². The first-order valence-corrected chi connectivity index (χ1v) is 7.08. The van der Waals surface area contributed by atoms with Crippen molar-refractivity contribution in [3.05, 3.63) is 35.4 Å². The molecule has 1 heterocycles. The third-order valence-electron chi connectivity index (χ3n) is 4.06. The maximum Gasteiger partial charge on any atom is 0.325 e. The second kappa shape index (κ2) is 6.02. The van der Waals surface area contributed by atoms with E-state index in [1.54, 1.807) is 13.8 Å². The van der Waals surface area contributed by atoms with Crippen molar-refractivity contribution in [3.8, 4) is 0 Å². The highest BCUT2D eigenvalue weighted by molar-refractivity contribution is 5.87. The summed E-state index contributed by atoms with van der Waals surface area (Å²) in [5.74, 6) is -2.19. The summed E-state index contributed by atoms with van der Waals surface area (Å²) in [5, 5.41) is 0. The van der Waals surface area contributed by atoms with E-state index in [0.29, 0.717) is 18.4 Å². The predicted octanol–water partition coefficient (Wildman–Crippen LogP) is 2.83. The summed E-state index contributed by atoms with van der Waals surface area (Å²) in [7, 11) is 1.23. The van der Waals surface area contributed by atoms with Gasteiger partial charge in [0.25, 0.3) is 0 Å². The molecular formula is C16H19F2NO3. The molecule has 0 spiro atoms. The number of hydrogen-bond donors (Lipinski definition) is 0. The molecule has 0 unspecified atom stereocenters. The van der Waals surface area contributed by atoms with E-state index in [-0.39, 0.29) is 12.5 Å². The number of piperidine rings is 1. The third-order valence-corrected chi connectivity index (χ3v) is 4.06. The zero-order chi connectivity index (χ0) is 16.5. The zero-order valence-electron chi connectivity index (χ0n) is 12.9. The van der Waals surface area contributed by atoms with E-state index >= 15 is 0 Å². The number of carbonyl (C=O) groups is 2. The van der Waals surface area contributed by atoms with E-state index in [0.717, 1.165) is 6.07 Å². The van der Waals surface area contributed by atoms with Gasteiger partial charge in [-0.3, -0.25) is 9.59 Å². The van der Waals surface area contributed by atoms with Crippen LogP contribution in [0.4, 0.5) is 8.78 Å². The van der Waals surface area contributed by atoms with Crippen molar-refractivity contribution in [1.82, 2.24) is 4.90 Å². The standard InChI is InChI=1S/C16H19F2NO3/c1-16(2)5-4-13(10-6-11(17)8-12(18)7-10)19(15(16)21)9-14(20)22-3/h6-8,13H,4-5,9H2,1-3H3/t13-/m0/s1. The third kappa shape index (κ3) is 3.26. The van der Waals surface area contributed by atoms with E-state index < -0.39 is 29.1 Å². The second-order valence-corrected chi connectivity index (χ2v) is 6.15. The Bertz CT molecular complexity index is 581. The molecule has 2 rings (SSSR count). The summed E-state index contributed by atoms with van der Waals surface area (Å²) in [6, 6.07) is 2.64. The summed E-state index contributed by atoms with van der Waals surface area (Å²) in [6.07, 6.45) is 1.10. The molecule has 1 aromatic carbocycles. The van der Waals surface area contributed by atoms with Crippen LogP contribution >= 0.6 is 0 Å². The number of nitrogens with zero attached hydrogens (tertiary/aromatic N) is 1. The number of esters is 1. The molecule has 1 saturated heterocycles. The van der Waals surface area contributed by atoms with Crippen LogP contribution in [0, 0.1) is 17.0 Å². The Kier molecular flexibility index (Phi) is 4.49. The molecule has 1 fully saturated rings. The minimum absolute atomic E-state index is 0.223. The van der Waals surface area contributed by atoms with Gasteiger partial charge in [-0.2, -0.15) is 0 Å². The molecule has 1 amide bonds. The Balaban J connectivity index is 2.38. The van der Waals surface area contributed by atoms with Gasteiger partial charge in [0.05, 0.1) is 13.2 Å². The molecule has 6 heteroatoms. The van der Waals surface area contributed by atoms with Crippen LogP contribution in [0.3, 0.4) is 0 Å². The summed E-state index contributed by atoms with van der Waals surface area (Å²) in [5.41, 5.74) is -0.263. The van der Waals surface area contributed by atoms with Crippen molar-refractivity contribution in [1.29, 1.82) is 0 Å². The maximum atomic E-state index is 13.5. The smallest absolute Gasteiger partial charge is 0.325 e. The van der Waals surface area contributed by atoms with Gasteiger partial charge < -0.3 is 9.64 Å². The topological polar surface area (TPSA) is 46.6 Å². The van der Waals surface area contributed by atoms with Gasteiger partial charge in [0.2, 0.25) is 5.91 Å². The van der Waals surface area contributed by atoms with Gasteiger partial charge in [0, 0.05) is 11.5 Å². The lowest BCUT2D eigenvalue weighted by Crippen LogP contribution is -2.49. The molecule has 0 aliphatic carbocycles. The quantitative estimate of drug-likeness (QED) is 0.807. The Morgan fingerprint density at radius 1 is 1.32 bits per heavy atom. The van der Waals surface area contributed by atoms with Crippen LogP contribution in [0.1, 0.15) is 38.3 Å². The molecular weight excluding hydrogens is 292 g/mol. The number of hydrogen-bond acceptors (Lipinski definition) is 3. The highest BCUT2D eigenvalue weighted by atomic mass is 19.1. The number of rotatable bonds is 3. The average molecular weight is 311 g/mol. The van der Waals surface area contributed by atoms with Gasteiger partial charge in [0.15, 0.2) is 0 Å². The Hall–Kier alpha value is -1.98. The van der Waals surface area contributed by atoms with E-state index in [1.807, 2.05) is 0 Å². The minimum Gasteiger partial charge on any atom is -0.468 e. The van der Waals surface area contributed by atoms with E-state index in [2.05, 4.69) is 4.74 Å². The van der Waals surface area contributed by atoms with Crippen LogP contribution in [-0.4, -0.2) is 30.4 Å². The molecule has 1 aliphatic heterocycles. The van der Waals surface area contributed by atoms with E-state index in [9.17, 15) is 18.4 Å². The Morgan fingerprint density at radius 2 is 1.91 bits per heavy atom. The number of ether oxygens (including phenoxy) is 1. The lowest BCUT2D eigenvalue weighted by molar-refractivity contribution is -0.156. The molecule has 0 radical (unpaired) electrons. The molecule has 0 N–H and O–H groups in total. The number of likely N-dealkylation sites (tertiary alicyclic amines) is 1. The number of benzene rings is 1. The SMILES string of the molecule is COC(=O)CN1C(=O)C(C)(C)CC[C@H]1c1cc(F)cc(F)c1. The van der Waals surface area contributed by atoms with Gasteiger partial charge in [0.1, 0.15) is 18.2 Å². The molecule has 0 aromatic heterocycles. The molecule has 0 bridgehead atoms. The number of carbonyl (C=O) groups excluding carboxylic acids is 2. The monoisotopic (exact) mass is 311 g/mol. The van der Waals surface area contributed by atoms with Crippen LogP contribution in [-0.2, 0) is 14.3 Å². The first-order chi connectivity index (χ1) is 10.2. The lowest BCUT2D eigenvalue weighted by Gasteiger charge is -2.42. The van der Waals surface area contributed by atoms with Gasteiger partial charge in [-0.1, -0.05) is 13.8 Å². The molecule has 120 valence electrons. The van der Waals surface area contributed by atoms with Crippen LogP contribution < -0.4 is 0 Å². The molecule has 22 heavy (non-hydrogen) atoms. The summed E-state index contributed by atoms with van der Waals surface area (Å²) in [6.45, 7) is 3.35. The fourth-order valence-corrected chi connectivity index (χ4v) is 2.79. The van der Waals surface area contributed by atoms with Crippen LogP contribution in [0.25, 0.3) is 0 Å². The second-order valence-electron chi connectivity index (χ2n) is 6.15. The molecule has 1 aliphatic rings. The van der Waals surface area contributed by atoms with Crippen LogP contribution in [0.15, 0.2) is 18.2 Å². The van der Waals surface area contributed by atoms with Crippen molar-refractivity contribution in [2.75, 3.05) is 13.7 Å². The van der Waals surface area contributed by atoms with Gasteiger partial charge in [-0.15, -0.1) is 0 Å². The van der Waals surface area contributed by atoms with Gasteiger partial charge >= 0.3 is 5.97 Å². The number of amides is 1. The first kappa shape index (κ1) is 16.4. The molecule has 1 aromatic rings. The number of halogens is 2. The molecule has 4 nitrogen and oxygen atoms in total. The van der Waals surface area contributed by atoms with Crippen LogP contribution in [0.5, 0.6) is 0 Å². The van der Waals surface area contributed by atoms with Crippen LogP contribution in [0.2, 0.25) is 0 Å². The summed E-state index contributed by atoms with van der Waals surface area (Å²) in [4.78, 5) is 25.5. The summed E-state index contributed by atoms with van der Waals surface area (Å²) >= 11 is 0. The highest BCUT2D eigenvalue weighted by Crippen LogP contribution is 2.40. The Labute approximate surface area is 128 Å². The van der Waals surface area contributed by atoms with Crippen molar-refractivity contribution in [2.45, 2.75) is 32.7 Å². The van der Waals surface area contributed by atoms with Crippen molar-refractivity contribution in [2.24, 2.45) is 5.41 Å². The van der Waals surface area contributed by atoms with E-state index in [1.165, 1.54) is 24.1 Å². The fourth-order valence-electron chi connectivity index (χ4n) is 2.79. The largest absolute Gasteiger partial charge is 0.468 e. The van der Waals surface area contributed by atoms with E-state index in [4.69, 9.17) is 0 Å².